The average molecular weight is 454 g/mol. The van der Waals surface area contributed by atoms with Gasteiger partial charge in [0.25, 0.3) is 0 Å². The number of carbonyl (C=O) groups is 1. The second kappa shape index (κ2) is 8.74. The van der Waals surface area contributed by atoms with Crippen molar-refractivity contribution in [1.29, 1.82) is 5.26 Å². The summed E-state index contributed by atoms with van der Waals surface area (Å²) in [7, 11) is -3.69. The number of pyridine rings is 1. The van der Waals surface area contributed by atoms with Crippen LogP contribution in [0.4, 0.5) is 0 Å². The van der Waals surface area contributed by atoms with Gasteiger partial charge in [0.1, 0.15) is 12.7 Å². The highest BCUT2D eigenvalue weighted by atomic mass is 32.2. The van der Waals surface area contributed by atoms with Crippen LogP contribution in [-0.2, 0) is 26.1 Å². The second-order valence-electron chi connectivity index (χ2n) is 7.81. The molecule has 0 N–H and O–H groups in total. The van der Waals surface area contributed by atoms with Crippen molar-refractivity contribution in [1.82, 2.24) is 8.71 Å². The fourth-order valence-electron chi connectivity index (χ4n) is 3.88. The molecule has 3 heterocycles. The molecule has 9 heteroatoms. The van der Waals surface area contributed by atoms with Gasteiger partial charge in [0.15, 0.2) is 0 Å². The van der Waals surface area contributed by atoms with Crippen LogP contribution in [-0.4, -0.2) is 48.4 Å². The summed E-state index contributed by atoms with van der Waals surface area (Å²) in [6.07, 6.45) is 3.19. The van der Waals surface area contributed by atoms with E-state index in [9.17, 15) is 18.5 Å². The lowest BCUT2D eigenvalue weighted by Crippen LogP contribution is -2.48. The third-order valence-corrected chi connectivity index (χ3v) is 7.19. The number of hydrogen-bond donors (Lipinski definition) is 0. The van der Waals surface area contributed by atoms with Gasteiger partial charge in [-0.3, -0.25) is 0 Å². The molecular weight excluding hydrogens is 430 g/mol. The van der Waals surface area contributed by atoms with E-state index < -0.39 is 16.0 Å². The van der Waals surface area contributed by atoms with E-state index >= 15 is 0 Å². The Morgan fingerprint density at radius 2 is 1.84 bits per heavy atom. The van der Waals surface area contributed by atoms with Crippen LogP contribution in [0.1, 0.15) is 35.3 Å². The molecule has 1 aromatic carbocycles. The third-order valence-electron chi connectivity index (χ3n) is 5.35. The van der Waals surface area contributed by atoms with Gasteiger partial charge in [-0.15, -0.1) is 0 Å². The molecule has 0 unspecified atom stereocenters. The maximum atomic E-state index is 12.9. The summed E-state index contributed by atoms with van der Waals surface area (Å²) in [4.78, 5) is 12.6. The minimum absolute atomic E-state index is 0.0625. The van der Waals surface area contributed by atoms with Gasteiger partial charge in [-0.2, -0.15) is 9.57 Å². The Hall–Kier alpha value is -3.19. The lowest BCUT2D eigenvalue weighted by Gasteiger charge is -2.34. The highest BCUT2D eigenvalue weighted by Gasteiger charge is 2.32. The molecule has 0 spiro atoms. The largest absolute Gasteiger partial charge is 0.457 e. The monoisotopic (exact) mass is 453 g/mol. The molecule has 0 amide bonds. The molecule has 4 rings (SSSR count). The summed E-state index contributed by atoms with van der Waals surface area (Å²) in [5, 5.41) is 9.46. The van der Waals surface area contributed by atoms with Crippen LogP contribution in [0.3, 0.4) is 0 Å². The number of ether oxygens (including phenoxy) is 2. The Balaban J connectivity index is 1.46. The smallest absolute Gasteiger partial charge is 0.338 e. The zero-order valence-corrected chi connectivity index (χ0v) is 18.6. The summed E-state index contributed by atoms with van der Waals surface area (Å²) in [5.74, 6) is -0.596. The van der Waals surface area contributed by atoms with Crippen LogP contribution in [0.5, 0.6) is 0 Å². The molecule has 0 radical (unpaired) electrons. The zero-order valence-electron chi connectivity index (χ0n) is 17.8. The molecule has 1 fully saturated rings. The molecule has 0 saturated carbocycles. The summed E-state index contributed by atoms with van der Waals surface area (Å²) in [5.41, 5.74) is 2.02. The van der Waals surface area contributed by atoms with Crippen molar-refractivity contribution in [3.05, 3.63) is 71.5 Å². The maximum absolute atomic E-state index is 12.9. The van der Waals surface area contributed by atoms with Crippen LogP contribution in [0.2, 0.25) is 0 Å². The number of esters is 1. The van der Waals surface area contributed by atoms with Crippen LogP contribution in [0.25, 0.3) is 5.52 Å². The first-order valence-corrected chi connectivity index (χ1v) is 11.6. The van der Waals surface area contributed by atoms with E-state index in [2.05, 4.69) is 6.07 Å². The van der Waals surface area contributed by atoms with Crippen LogP contribution in [0.15, 0.2) is 59.8 Å². The van der Waals surface area contributed by atoms with Crippen molar-refractivity contribution in [2.24, 2.45) is 0 Å². The van der Waals surface area contributed by atoms with E-state index in [0.717, 1.165) is 5.52 Å². The van der Waals surface area contributed by atoms with Gasteiger partial charge < -0.3 is 13.9 Å². The Kier molecular flexibility index (Phi) is 6.02. The lowest BCUT2D eigenvalue weighted by atomic mass is 10.2. The predicted octanol–water partition coefficient (Wildman–Crippen LogP) is 2.97. The van der Waals surface area contributed by atoms with E-state index in [1.54, 1.807) is 10.6 Å². The molecule has 2 atom stereocenters. The van der Waals surface area contributed by atoms with Gasteiger partial charge in [-0.25, -0.2) is 13.2 Å². The number of rotatable bonds is 5. The normalized spacial score (nSPS) is 19.5. The first-order chi connectivity index (χ1) is 15.3. The van der Waals surface area contributed by atoms with Crippen molar-refractivity contribution < 1.29 is 22.7 Å². The number of hydrogen-bond acceptors (Lipinski definition) is 6. The van der Waals surface area contributed by atoms with Crippen molar-refractivity contribution in [2.75, 3.05) is 13.1 Å². The van der Waals surface area contributed by atoms with Gasteiger partial charge in [0.05, 0.1) is 33.7 Å². The molecule has 1 saturated heterocycles. The fraction of sp³-hybridized carbons (Fsp3) is 0.304. The van der Waals surface area contributed by atoms with E-state index in [-0.39, 0.29) is 42.4 Å². The Morgan fingerprint density at radius 1 is 1.16 bits per heavy atom. The minimum Gasteiger partial charge on any atom is -0.457 e. The van der Waals surface area contributed by atoms with Crippen molar-refractivity contribution in [2.45, 2.75) is 37.6 Å². The molecule has 0 aliphatic carbocycles. The molecule has 166 valence electrons. The van der Waals surface area contributed by atoms with E-state index in [1.807, 2.05) is 38.2 Å². The van der Waals surface area contributed by atoms with Gasteiger partial charge in [-0.1, -0.05) is 6.07 Å². The number of aromatic nitrogens is 1. The Labute approximate surface area is 186 Å². The summed E-state index contributed by atoms with van der Waals surface area (Å²) >= 11 is 0. The minimum atomic E-state index is -3.69. The van der Waals surface area contributed by atoms with E-state index in [1.165, 1.54) is 28.6 Å². The number of fused-ring (bicyclic) bond motifs is 1. The quantitative estimate of drug-likeness (QED) is 0.551. The Bertz CT molecular complexity index is 1280. The summed E-state index contributed by atoms with van der Waals surface area (Å²) in [6.45, 7) is 4.17. The fourth-order valence-corrected chi connectivity index (χ4v) is 5.47. The second-order valence-corrected chi connectivity index (χ2v) is 9.75. The average Bonchev–Trinajstić information content (AvgIpc) is 3.14. The predicted molar refractivity (Wildman–Crippen MR) is 116 cm³/mol. The number of nitrogens with zero attached hydrogens (tertiary/aromatic N) is 3. The lowest BCUT2D eigenvalue weighted by molar-refractivity contribution is -0.0440. The number of morpholine rings is 1. The van der Waals surface area contributed by atoms with Gasteiger partial charge in [0.2, 0.25) is 10.0 Å². The van der Waals surface area contributed by atoms with Crippen LogP contribution in [0, 0.1) is 11.3 Å². The maximum Gasteiger partial charge on any atom is 0.338 e. The number of carbonyl (C=O) groups excluding carboxylic acids is 1. The number of sulfonamides is 1. The van der Waals surface area contributed by atoms with Gasteiger partial charge in [0, 0.05) is 31.0 Å². The highest BCUT2D eigenvalue weighted by molar-refractivity contribution is 7.89. The molecular formula is C23H23N3O5S. The van der Waals surface area contributed by atoms with E-state index in [0.29, 0.717) is 11.1 Å². The van der Waals surface area contributed by atoms with Crippen molar-refractivity contribution >= 4 is 21.5 Å². The first-order valence-electron chi connectivity index (χ1n) is 10.2. The molecule has 1 aliphatic heterocycles. The van der Waals surface area contributed by atoms with Gasteiger partial charge in [-0.05, 0) is 50.2 Å². The Morgan fingerprint density at radius 3 is 2.50 bits per heavy atom. The molecule has 32 heavy (non-hydrogen) atoms. The van der Waals surface area contributed by atoms with Crippen molar-refractivity contribution in [3.63, 3.8) is 0 Å². The zero-order chi connectivity index (χ0) is 22.9. The molecule has 8 nitrogen and oxygen atoms in total. The third kappa shape index (κ3) is 4.25. The summed E-state index contributed by atoms with van der Waals surface area (Å²) < 4.78 is 40.1. The van der Waals surface area contributed by atoms with Crippen molar-refractivity contribution in [3.8, 4) is 6.07 Å². The molecule has 0 bridgehead atoms. The van der Waals surface area contributed by atoms with Crippen LogP contribution >= 0.6 is 0 Å². The van der Waals surface area contributed by atoms with E-state index in [4.69, 9.17) is 9.47 Å². The molecule has 1 aliphatic rings. The number of benzene rings is 1. The number of nitriles is 1. The highest BCUT2D eigenvalue weighted by Crippen LogP contribution is 2.22. The van der Waals surface area contributed by atoms with Gasteiger partial charge >= 0.3 is 5.97 Å². The SMILES string of the molecule is C[C@@H]1CN(S(=O)(=O)c2ccc(C(=O)OCc3cn4ccccc4c3C#N)cc2)C[C@H](C)O1. The first kappa shape index (κ1) is 22.0. The molecule has 3 aromatic rings. The van der Waals surface area contributed by atoms with Crippen LogP contribution < -0.4 is 0 Å². The standard InChI is InChI=1S/C23H23N3O5S/c1-16-12-26(13-17(2)31-16)32(28,29)20-8-6-18(7-9-20)23(27)30-15-19-14-25-10-4-3-5-22(25)21(19)11-24/h3-10,14,16-17H,12-13,15H2,1-2H3/t16-,17+. The molecule has 2 aromatic heterocycles. The summed E-state index contributed by atoms with van der Waals surface area (Å²) in [6, 6.07) is 13.3. The topological polar surface area (TPSA) is 101 Å².